The summed E-state index contributed by atoms with van der Waals surface area (Å²) in [5, 5.41) is 8.70. The van der Waals surface area contributed by atoms with Crippen molar-refractivity contribution in [3.63, 3.8) is 0 Å². The van der Waals surface area contributed by atoms with Crippen LogP contribution in [-0.4, -0.2) is 54.5 Å². The average molecular weight is 283 g/mol. The molecule has 1 N–H and O–H groups in total. The molecule has 0 heterocycles. The molecule has 1 saturated carbocycles. The first-order chi connectivity index (χ1) is 8.77. The van der Waals surface area contributed by atoms with Crippen LogP contribution >= 0.6 is 0 Å². The second-order valence-electron chi connectivity index (χ2n) is 4.96. The number of nitrogens with zero attached hydrogens (tertiary/aromatic N) is 1. The van der Waals surface area contributed by atoms with E-state index in [1.165, 1.54) is 12.0 Å². The minimum Gasteiger partial charge on any atom is -0.481 e. The lowest BCUT2D eigenvalue weighted by Gasteiger charge is -2.36. The van der Waals surface area contributed by atoms with Crippen molar-refractivity contribution < 1.29 is 27.8 Å². The second kappa shape index (κ2) is 6.56. The van der Waals surface area contributed by atoms with Crippen molar-refractivity contribution in [3.05, 3.63) is 0 Å². The van der Waals surface area contributed by atoms with Gasteiger partial charge in [0, 0.05) is 19.7 Å². The lowest BCUT2D eigenvalue weighted by molar-refractivity contribution is -0.197. The van der Waals surface area contributed by atoms with Crippen LogP contribution in [0.1, 0.15) is 26.2 Å². The molecular formula is C12H20F3NO3. The lowest BCUT2D eigenvalue weighted by atomic mass is 10.1. The van der Waals surface area contributed by atoms with E-state index >= 15 is 0 Å². The van der Waals surface area contributed by atoms with E-state index in [4.69, 9.17) is 9.84 Å². The van der Waals surface area contributed by atoms with Gasteiger partial charge in [0.15, 0.2) is 0 Å². The smallest absolute Gasteiger partial charge is 0.404 e. The Balaban J connectivity index is 2.84. The fraction of sp³-hybridized carbons (Fsp3) is 0.917. The maximum atomic E-state index is 13.1. The van der Waals surface area contributed by atoms with Crippen molar-refractivity contribution in [2.45, 2.75) is 44.4 Å². The quantitative estimate of drug-likeness (QED) is 0.741. The van der Waals surface area contributed by atoms with Gasteiger partial charge in [-0.05, 0) is 25.7 Å². The predicted molar refractivity (Wildman–Crippen MR) is 62.9 cm³/mol. The summed E-state index contributed by atoms with van der Waals surface area (Å²) in [6, 6.07) is -2.23. The summed E-state index contributed by atoms with van der Waals surface area (Å²) in [6.07, 6.45) is -3.66. The molecule has 112 valence electrons. The number of ether oxygens (including phenoxy) is 1. The maximum absolute atomic E-state index is 13.1. The molecule has 4 nitrogen and oxygen atoms in total. The van der Waals surface area contributed by atoms with Gasteiger partial charge in [-0.2, -0.15) is 13.2 Å². The van der Waals surface area contributed by atoms with Gasteiger partial charge in [-0.15, -0.1) is 0 Å². The highest BCUT2D eigenvalue weighted by atomic mass is 19.4. The summed E-state index contributed by atoms with van der Waals surface area (Å²) >= 11 is 0. The van der Waals surface area contributed by atoms with Gasteiger partial charge in [0.2, 0.25) is 0 Å². The minimum absolute atomic E-state index is 0.0889. The van der Waals surface area contributed by atoms with Crippen LogP contribution in [0.25, 0.3) is 0 Å². The molecule has 7 heteroatoms. The Morgan fingerprint density at radius 1 is 1.47 bits per heavy atom. The molecule has 19 heavy (non-hydrogen) atoms. The molecule has 0 aromatic heterocycles. The molecule has 1 aliphatic carbocycles. The fourth-order valence-electron chi connectivity index (χ4n) is 2.28. The number of aliphatic carboxylic acids is 1. The Hall–Kier alpha value is -0.820. The predicted octanol–water partition coefficient (Wildman–Crippen LogP) is 2.14. The highest BCUT2D eigenvalue weighted by Gasteiger charge is 2.48. The van der Waals surface area contributed by atoms with Crippen molar-refractivity contribution >= 4 is 5.97 Å². The molecular weight excluding hydrogens is 263 g/mol. The van der Waals surface area contributed by atoms with Crippen molar-refractivity contribution in [2.75, 3.05) is 20.3 Å². The van der Waals surface area contributed by atoms with Crippen LogP contribution in [-0.2, 0) is 9.53 Å². The van der Waals surface area contributed by atoms with E-state index in [0.29, 0.717) is 0 Å². The highest BCUT2D eigenvalue weighted by Crippen LogP contribution is 2.38. The third-order valence-electron chi connectivity index (χ3n) is 3.53. The highest BCUT2D eigenvalue weighted by molar-refractivity contribution is 5.67. The van der Waals surface area contributed by atoms with Gasteiger partial charge in [-0.3, -0.25) is 9.69 Å². The number of methoxy groups -OCH3 is 1. The van der Waals surface area contributed by atoms with Crippen LogP contribution in [0.4, 0.5) is 13.2 Å². The maximum Gasteiger partial charge on any atom is 0.404 e. The van der Waals surface area contributed by atoms with Crippen LogP contribution in [0, 0.1) is 5.92 Å². The number of carbonyl (C=O) groups is 1. The van der Waals surface area contributed by atoms with E-state index in [1.54, 1.807) is 6.92 Å². The van der Waals surface area contributed by atoms with Crippen molar-refractivity contribution in [3.8, 4) is 0 Å². The summed E-state index contributed by atoms with van der Waals surface area (Å²) in [6.45, 7) is 1.97. The van der Waals surface area contributed by atoms with Crippen LogP contribution in [0.5, 0.6) is 0 Å². The van der Waals surface area contributed by atoms with Gasteiger partial charge in [-0.25, -0.2) is 0 Å². The summed E-state index contributed by atoms with van der Waals surface area (Å²) in [5.74, 6) is -1.21. The number of hydrogen-bond donors (Lipinski definition) is 1. The summed E-state index contributed by atoms with van der Waals surface area (Å²) in [7, 11) is 1.42. The van der Waals surface area contributed by atoms with Gasteiger partial charge in [0.05, 0.1) is 13.0 Å². The van der Waals surface area contributed by atoms with Gasteiger partial charge < -0.3 is 9.84 Å². The molecule has 1 rings (SSSR count). The monoisotopic (exact) mass is 283 g/mol. The van der Waals surface area contributed by atoms with Crippen molar-refractivity contribution in [2.24, 2.45) is 5.92 Å². The number of rotatable bonds is 8. The molecule has 0 aromatic rings. The number of carboxylic acid groups (broad SMARTS) is 1. The number of alkyl halides is 3. The molecule has 1 aliphatic rings. The van der Waals surface area contributed by atoms with Crippen LogP contribution in [0.15, 0.2) is 0 Å². The van der Waals surface area contributed by atoms with E-state index in [9.17, 15) is 18.0 Å². The molecule has 0 aromatic carbocycles. The van der Waals surface area contributed by atoms with Gasteiger partial charge in [0.25, 0.3) is 0 Å². The molecule has 0 radical (unpaired) electrons. The van der Waals surface area contributed by atoms with Gasteiger partial charge in [-0.1, -0.05) is 0 Å². The lowest BCUT2D eigenvalue weighted by Crippen LogP contribution is -2.52. The zero-order valence-corrected chi connectivity index (χ0v) is 11.1. The van der Waals surface area contributed by atoms with Crippen molar-refractivity contribution in [1.29, 1.82) is 0 Å². The second-order valence-corrected chi connectivity index (χ2v) is 4.96. The Labute approximate surface area is 110 Å². The first kappa shape index (κ1) is 16.2. The molecule has 2 unspecified atom stereocenters. The third-order valence-corrected chi connectivity index (χ3v) is 3.53. The first-order valence-electron chi connectivity index (χ1n) is 6.30. The molecule has 2 atom stereocenters. The summed E-state index contributed by atoms with van der Waals surface area (Å²) < 4.78 is 44.0. The van der Waals surface area contributed by atoms with Crippen LogP contribution in [0.3, 0.4) is 0 Å². The van der Waals surface area contributed by atoms with Gasteiger partial charge >= 0.3 is 12.1 Å². The summed E-state index contributed by atoms with van der Waals surface area (Å²) in [4.78, 5) is 11.9. The Bertz CT molecular complexity index is 305. The molecule has 0 spiro atoms. The van der Waals surface area contributed by atoms with Crippen LogP contribution in [0.2, 0.25) is 0 Å². The Morgan fingerprint density at radius 2 is 2.05 bits per heavy atom. The minimum atomic E-state index is -4.55. The molecule has 1 fully saturated rings. The van der Waals surface area contributed by atoms with Crippen LogP contribution < -0.4 is 0 Å². The first-order valence-corrected chi connectivity index (χ1v) is 6.30. The zero-order valence-electron chi connectivity index (χ0n) is 11.1. The largest absolute Gasteiger partial charge is 0.481 e. The molecule has 0 aliphatic heterocycles. The Morgan fingerprint density at radius 3 is 2.42 bits per heavy atom. The summed E-state index contributed by atoms with van der Waals surface area (Å²) in [5.41, 5.74) is 0. The molecule has 0 amide bonds. The number of carboxylic acids is 1. The van der Waals surface area contributed by atoms with Gasteiger partial charge in [0.1, 0.15) is 6.04 Å². The number of halogens is 3. The number of hydrogen-bond acceptors (Lipinski definition) is 3. The normalized spacial score (nSPS) is 19.5. The van der Waals surface area contributed by atoms with E-state index in [0.717, 1.165) is 12.8 Å². The van der Waals surface area contributed by atoms with Crippen molar-refractivity contribution in [1.82, 2.24) is 4.90 Å². The van der Waals surface area contributed by atoms with E-state index in [2.05, 4.69) is 0 Å². The van der Waals surface area contributed by atoms with E-state index in [-0.39, 0.29) is 25.1 Å². The molecule has 0 saturated heterocycles. The SMILES string of the molecule is COCCN(C(C)C1CC1)C(CC(=O)O)C(F)(F)F. The molecule has 0 bridgehead atoms. The average Bonchev–Trinajstić information content (AvgIpc) is 3.09. The fourth-order valence-corrected chi connectivity index (χ4v) is 2.28. The zero-order chi connectivity index (χ0) is 14.6. The third kappa shape index (κ3) is 4.99. The van der Waals surface area contributed by atoms with E-state index in [1.807, 2.05) is 0 Å². The Kier molecular flexibility index (Phi) is 5.61. The topological polar surface area (TPSA) is 49.8 Å². The standard InChI is InChI=1S/C12H20F3NO3/c1-8(9-3-4-9)16(5-6-19-2)10(7-11(17)18)12(13,14)15/h8-10H,3-7H2,1-2H3,(H,17,18). The van der Waals surface area contributed by atoms with E-state index < -0.39 is 24.6 Å².